The Bertz CT molecular complexity index is 571. The smallest absolute Gasteiger partial charge is 0.161 e. The molecule has 2 rings (SSSR count). The molecule has 0 aliphatic rings. The molecule has 19 heavy (non-hydrogen) atoms. The SMILES string of the molecule is CSc1ccc(-c2nc(N)cc(C(C)(C)C)n2)cc1. The summed E-state index contributed by atoms with van der Waals surface area (Å²) in [4.78, 5) is 10.2. The fourth-order valence-electron chi connectivity index (χ4n) is 1.72. The van der Waals surface area contributed by atoms with E-state index >= 15 is 0 Å². The van der Waals surface area contributed by atoms with Crippen molar-refractivity contribution < 1.29 is 0 Å². The summed E-state index contributed by atoms with van der Waals surface area (Å²) in [5.41, 5.74) is 7.82. The normalized spacial score (nSPS) is 11.6. The van der Waals surface area contributed by atoms with Gasteiger partial charge in [0.05, 0.1) is 5.69 Å². The molecule has 2 N–H and O–H groups in total. The molecule has 2 aromatic rings. The summed E-state index contributed by atoms with van der Waals surface area (Å²) in [6.07, 6.45) is 2.06. The second-order valence-electron chi connectivity index (χ2n) is 5.48. The third-order valence-electron chi connectivity index (χ3n) is 2.86. The quantitative estimate of drug-likeness (QED) is 0.847. The topological polar surface area (TPSA) is 51.8 Å². The molecule has 1 aromatic carbocycles. The zero-order valence-corrected chi connectivity index (χ0v) is 12.6. The fourth-order valence-corrected chi connectivity index (χ4v) is 2.13. The van der Waals surface area contributed by atoms with E-state index in [1.165, 1.54) is 4.90 Å². The molecule has 1 aromatic heterocycles. The Labute approximate surface area is 118 Å². The van der Waals surface area contributed by atoms with E-state index in [9.17, 15) is 0 Å². The van der Waals surface area contributed by atoms with Gasteiger partial charge in [0.1, 0.15) is 5.82 Å². The van der Waals surface area contributed by atoms with Crippen molar-refractivity contribution in [1.82, 2.24) is 9.97 Å². The van der Waals surface area contributed by atoms with Gasteiger partial charge >= 0.3 is 0 Å². The molecule has 0 spiro atoms. The number of anilines is 1. The molecule has 0 saturated carbocycles. The molecule has 0 unspecified atom stereocenters. The molecule has 0 amide bonds. The second-order valence-corrected chi connectivity index (χ2v) is 6.36. The van der Waals surface area contributed by atoms with Crippen molar-refractivity contribution in [2.75, 3.05) is 12.0 Å². The maximum atomic E-state index is 5.89. The predicted octanol–water partition coefficient (Wildman–Crippen LogP) is 3.75. The first-order valence-electron chi connectivity index (χ1n) is 6.19. The van der Waals surface area contributed by atoms with Gasteiger partial charge in [-0.2, -0.15) is 0 Å². The highest BCUT2D eigenvalue weighted by atomic mass is 32.2. The van der Waals surface area contributed by atoms with E-state index in [1.807, 2.05) is 18.2 Å². The average Bonchev–Trinajstić information content (AvgIpc) is 2.37. The minimum Gasteiger partial charge on any atom is -0.384 e. The van der Waals surface area contributed by atoms with E-state index in [1.54, 1.807) is 11.8 Å². The van der Waals surface area contributed by atoms with Crippen LogP contribution in [0.3, 0.4) is 0 Å². The Balaban J connectivity index is 2.46. The molecule has 0 saturated heterocycles. The zero-order chi connectivity index (χ0) is 14.0. The van der Waals surface area contributed by atoms with Gasteiger partial charge in [-0.3, -0.25) is 0 Å². The Morgan fingerprint density at radius 3 is 2.21 bits per heavy atom. The van der Waals surface area contributed by atoms with E-state index in [2.05, 4.69) is 49.1 Å². The van der Waals surface area contributed by atoms with Crippen molar-refractivity contribution >= 4 is 17.6 Å². The summed E-state index contributed by atoms with van der Waals surface area (Å²) in [5, 5.41) is 0. The molecule has 3 nitrogen and oxygen atoms in total. The molecule has 0 aliphatic heterocycles. The number of nitrogen functional groups attached to an aromatic ring is 1. The number of nitrogens with two attached hydrogens (primary N) is 1. The third-order valence-corrected chi connectivity index (χ3v) is 3.61. The van der Waals surface area contributed by atoms with Crippen LogP contribution < -0.4 is 5.73 Å². The summed E-state index contributed by atoms with van der Waals surface area (Å²) in [5.74, 6) is 1.21. The van der Waals surface area contributed by atoms with Crippen LogP contribution in [-0.4, -0.2) is 16.2 Å². The maximum Gasteiger partial charge on any atom is 0.161 e. The van der Waals surface area contributed by atoms with Crippen molar-refractivity contribution in [3.63, 3.8) is 0 Å². The van der Waals surface area contributed by atoms with E-state index in [-0.39, 0.29) is 5.41 Å². The van der Waals surface area contributed by atoms with Crippen LogP contribution in [-0.2, 0) is 5.41 Å². The average molecular weight is 273 g/mol. The van der Waals surface area contributed by atoms with Gasteiger partial charge in [0.2, 0.25) is 0 Å². The van der Waals surface area contributed by atoms with Crippen molar-refractivity contribution in [1.29, 1.82) is 0 Å². The van der Waals surface area contributed by atoms with E-state index in [4.69, 9.17) is 5.73 Å². The minimum absolute atomic E-state index is 0.0367. The Kier molecular flexibility index (Phi) is 3.80. The number of hydrogen-bond donors (Lipinski definition) is 1. The highest BCUT2D eigenvalue weighted by molar-refractivity contribution is 7.98. The highest BCUT2D eigenvalue weighted by Crippen LogP contribution is 2.26. The molecule has 0 atom stereocenters. The van der Waals surface area contributed by atoms with E-state index < -0.39 is 0 Å². The lowest BCUT2D eigenvalue weighted by atomic mass is 9.92. The standard InChI is InChI=1S/C15H19N3S/c1-15(2,3)12-9-13(16)18-14(17-12)10-5-7-11(19-4)8-6-10/h5-9H,1-4H3,(H2,16,17,18). The van der Waals surface area contributed by atoms with Crippen LogP contribution in [0.25, 0.3) is 11.4 Å². The lowest BCUT2D eigenvalue weighted by Gasteiger charge is -2.18. The monoisotopic (exact) mass is 273 g/mol. The van der Waals surface area contributed by atoms with E-state index in [0.717, 1.165) is 11.3 Å². The number of thioether (sulfide) groups is 1. The highest BCUT2D eigenvalue weighted by Gasteiger charge is 2.17. The number of nitrogens with zero attached hydrogens (tertiary/aromatic N) is 2. The molecule has 4 heteroatoms. The van der Waals surface area contributed by atoms with E-state index in [0.29, 0.717) is 11.6 Å². The first-order valence-corrected chi connectivity index (χ1v) is 7.42. The second kappa shape index (κ2) is 5.21. The molecular weight excluding hydrogens is 254 g/mol. The Morgan fingerprint density at radius 2 is 1.68 bits per heavy atom. The van der Waals surface area contributed by atoms with Crippen LogP contribution in [0.1, 0.15) is 26.5 Å². The molecule has 0 radical (unpaired) electrons. The number of rotatable bonds is 2. The lowest BCUT2D eigenvalue weighted by Crippen LogP contribution is -2.15. The summed E-state index contributed by atoms with van der Waals surface area (Å²) < 4.78 is 0. The number of aromatic nitrogens is 2. The van der Waals surface area contributed by atoms with Crippen molar-refractivity contribution in [2.45, 2.75) is 31.1 Å². The molecule has 0 bridgehead atoms. The Hall–Kier alpha value is -1.55. The van der Waals surface area contributed by atoms with Crippen molar-refractivity contribution in [3.8, 4) is 11.4 Å². The number of hydrogen-bond acceptors (Lipinski definition) is 4. The van der Waals surface area contributed by atoms with Gasteiger partial charge < -0.3 is 5.73 Å². The van der Waals surface area contributed by atoms with Gasteiger partial charge in [-0.05, 0) is 18.4 Å². The van der Waals surface area contributed by atoms with Gasteiger partial charge in [0.15, 0.2) is 5.82 Å². The maximum absolute atomic E-state index is 5.89. The van der Waals surface area contributed by atoms with Crippen LogP contribution in [0.2, 0.25) is 0 Å². The largest absolute Gasteiger partial charge is 0.384 e. The summed E-state index contributed by atoms with van der Waals surface area (Å²) in [6.45, 7) is 6.36. The fraction of sp³-hybridized carbons (Fsp3) is 0.333. The lowest BCUT2D eigenvalue weighted by molar-refractivity contribution is 0.568. The van der Waals surface area contributed by atoms with Crippen LogP contribution >= 0.6 is 11.8 Å². The zero-order valence-electron chi connectivity index (χ0n) is 11.8. The van der Waals surface area contributed by atoms with Crippen LogP contribution in [0.15, 0.2) is 35.2 Å². The van der Waals surface area contributed by atoms with Gasteiger partial charge in [-0.15, -0.1) is 11.8 Å². The van der Waals surface area contributed by atoms with Gasteiger partial charge in [-0.1, -0.05) is 32.9 Å². The number of benzene rings is 1. The van der Waals surface area contributed by atoms with Gasteiger partial charge in [0, 0.05) is 21.9 Å². The van der Waals surface area contributed by atoms with Crippen molar-refractivity contribution in [2.24, 2.45) is 0 Å². The molecular formula is C15H19N3S. The van der Waals surface area contributed by atoms with Crippen molar-refractivity contribution in [3.05, 3.63) is 36.0 Å². The predicted molar refractivity (Wildman–Crippen MR) is 82.4 cm³/mol. The molecule has 0 aliphatic carbocycles. The third kappa shape index (κ3) is 3.26. The first-order chi connectivity index (χ1) is 8.90. The Morgan fingerprint density at radius 1 is 1.05 bits per heavy atom. The van der Waals surface area contributed by atoms with Gasteiger partial charge in [0.25, 0.3) is 0 Å². The van der Waals surface area contributed by atoms with Crippen LogP contribution in [0.5, 0.6) is 0 Å². The molecule has 100 valence electrons. The summed E-state index contributed by atoms with van der Waals surface area (Å²) in [6, 6.07) is 10.1. The summed E-state index contributed by atoms with van der Waals surface area (Å²) in [7, 11) is 0. The van der Waals surface area contributed by atoms with Gasteiger partial charge in [-0.25, -0.2) is 9.97 Å². The van der Waals surface area contributed by atoms with Crippen LogP contribution in [0.4, 0.5) is 5.82 Å². The van der Waals surface area contributed by atoms with Crippen LogP contribution in [0, 0.1) is 0 Å². The molecule has 1 heterocycles. The molecule has 0 fully saturated rings. The minimum atomic E-state index is -0.0367. The summed E-state index contributed by atoms with van der Waals surface area (Å²) >= 11 is 1.72. The first kappa shape index (κ1) is 13.9.